The van der Waals surface area contributed by atoms with Crippen molar-refractivity contribution in [3.05, 3.63) is 30.9 Å². The molecule has 0 unspecified atom stereocenters. The first-order valence-electron chi connectivity index (χ1n) is 6.41. The number of benzene rings is 1. The molecule has 1 aromatic carbocycles. The predicted molar refractivity (Wildman–Crippen MR) is 80.8 cm³/mol. The van der Waals surface area contributed by atoms with Gasteiger partial charge < -0.3 is 14.8 Å². The van der Waals surface area contributed by atoms with Gasteiger partial charge in [-0.1, -0.05) is 6.08 Å². The maximum Gasteiger partial charge on any atom is 0.240 e. The second-order valence-electron chi connectivity index (χ2n) is 4.24. The molecule has 1 aromatic rings. The molecule has 0 heterocycles. The van der Waals surface area contributed by atoms with Crippen molar-refractivity contribution in [2.45, 2.75) is 6.92 Å². The molecule has 0 aliphatic rings. The first-order chi connectivity index (χ1) is 10.0. The van der Waals surface area contributed by atoms with Gasteiger partial charge in [0.1, 0.15) is 18.0 Å². The number of rotatable bonds is 7. The van der Waals surface area contributed by atoms with E-state index in [1.165, 1.54) is 26.0 Å². The summed E-state index contributed by atoms with van der Waals surface area (Å²) in [6, 6.07) is 5.06. The minimum absolute atomic E-state index is 0.104. The number of anilines is 1. The zero-order chi connectivity index (χ0) is 15.8. The average Bonchev–Trinajstić information content (AvgIpc) is 2.49. The summed E-state index contributed by atoms with van der Waals surface area (Å²) in [5.41, 5.74) is 0.484. The van der Waals surface area contributed by atoms with E-state index in [4.69, 9.17) is 9.47 Å². The Morgan fingerprint density at radius 2 is 2.05 bits per heavy atom. The lowest BCUT2D eigenvalue weighted by molar-refractivity contribution is -0.122. The Labute approximate surface area is 124 Å². The first-order valence-corrected chi connectivity index (χ1v) is 6.41. The van der Waals surface area contributed by atoms with Crippen molar-refractivity contribution in [3.63, 3.8) is 0 Å². The molecule has 1 rings (SSSR count). The van der Waals surface area contributed by atoms with Gasteiger partial charge in [0.25, 0.3) is 0 Å². The van der Waals surface area contributed by atoms with Gasteiger partial charge in [0.15, 0.2) is 0 Å². The van der Waals surface area contributed by atoms with Crippen molar-refractivity contribution in [1.29, 1.82) is 0 Å². The molecule has 0 fully saturated rings. The van der Waals surface area contributed by atoms with E-state index in [9.17, 15) is 9.59 Å². The van der Waals surface area contributed by atoms with Crippen LogP contribution in [0.4, 0.5) is 5.69 Å². The highest BCUT2D eigenvalue weighted by atomic mass is 16.5. The maximum atomic E-state index is 11.9. The number of hydrogen-bond acceptors (Lipinski definition) is 4. The summed E-state index contributed by atoms with van der Waals surface area (Å²) in [6.45, 7) is 5.15. The minimum atomic E-state index is -0.282. The molecule has 0 aliphatic carbocycles. The van der Waals surface area contributed by atoms with E-state index in [1.54, 1.807) is 24.3 Å². The summed E-state index contributed by atoms with van der Waals surface area (Å²) in [5, 5.41) is 2.63. The molecule has 0 bridgehead atoms. The molecule has 0 saturated carbocycles. The Morgan fingerprint density at radius 1 is 1.33 bits per heavy atom. The molecule has 6 nitrogen and oxygen atoms in total. The third-order valence-electron chi connectivity index (χ3n) is 2.80. The van der Waals surface area contributed by atoms with E-state index in [2.05, 4.69) is 11.9 Å². The lowest BCUT2D eigenvalue weighted by atomic mass is 10.2. The average molecular weight is 292 g/mol. The van der Waals surface area contributed by atoms with Crippen LogP contribution < -0.4 is 19.7 Å². The van der Waals surface area contributed by atoms with E-state index in [0.717, 1.165) is 0 Å². The number of hydrogen-bond donors (Lipinski definition) is 1. The molecule has 0 radical (unpaired) electrons. The Kier molecular flexibility index (Phi) is 6.26. The number of nitrogens with one attached hydrogen (secondary N) is 1. The van der Waals surface area contributed by atoms with Gasteiger partial charge in [-0.3, -0.25) is 14.5 Å². The van der Waals surface area contributed by atoms with Crippen LogP contribution in [-0.2, 0) is 9.59 Å². The quantitative estimate of drug-likeness (QED) is 0.771. The number of ether oxygens (including phenoxy) is 2. The maximum absolute atomic E-state index is 11.9. The molecule has 114 valence electrons. The van der Waals surface area contributed by atoms with Crippen molar-refractivity contribution in [2.24, 2.45) is 0 Å². The highest BCUT2D eigenvalue weighted by molar-refractivity contribution is 5.98. The first kappa shape index (κ1) is 16.6. The van der Waals surface area contributed by atoms with Crippen molar-refractivity contribution in [1.82, 2.24) is 5.32 Å². The molecule has 6 heteroatoms. The van der Waals surface area contributed by atoms with Crippen LogP contribution in [0.25, 0.3) is 0 Å². The van der Waals surface area contributed by atoms with Crippen LogP contribution in [0.2, 0.25) is 0 Å². The minimum Gasteiger partial charge on any atom is -0.497 e. The molecule has 0 aromatic heterocycles. The lowest BCUT2D eigenvalue weighted by Gasteiger charge is -2.23. The molecule has 21 heavy (non-hydrogen) atoms. The van der Waals surface area contributed by atoms with E-state index in [-0.39, 0.29) is 18.4 Å². The number of methoxy groups -OCH3 is 2. The van der Waals surface area contributed by atoms with Crippen molar-refractivity contribution in [3.8, 4) is 11.5 Å². The van der Waals surface area contributed by atoms with Crippen LogP contribution in [0.5, 0.6) is 11.5 Å². The second kappa shape index (κ2) is 7.94. The SMILES string of the molecule is C=CCNC(=O)CN(C(C)=O)c1cc(OC)ccc1OC. The highest BCUT2D eigenvalue weighted by Gasteiger charge is 2.20. The number of nitrogens with zero attached hydrogens (tertiary/aromatic N) is 1. The molecular weight excluding hydrogens is 272 g/mol. The van der Waals surface area contributed by atoms with Gasteiger partial charge in [-0.25, -0.2) is 0 Å². The van der Waals surface area contributed by atoms with Gasteiger partial charge in [-0.05, 0) is 12.1 Å². The van der Waals surface area contributed by atoms with Gasteiger partial charge >= 0.3 is 0 Å². The number of carbonyl (C=O) groups excluding carboxylic acids is 2. The van der Waals surface area contributed by atoms with Gasteiger partial charge in [0, 0.05) is 19.5 Å². The largest absolute Gasteiger partial charge is 0.497 e. The van der Waals surface area contributed by atoms with Crippen LogP contribution in [0.1, 0.15) is 6.92 Å². The van der Waals surface area contributed by atoms with Crippen LogP contribution >= 0.6 is 0 Å². The molecule has 0 spiro atoms. The summed E-state index contributed by atoms with van der Waals surface area (Å²) >= 11 is 0. The normalized spacial score (nSPS) is 9.67. The smallest absolute Gasteiger partial charge is 0.240 e. The van der Waals surface area contributed by atoms with Crippen molar-refractivity contribution < 1.29 is 19.1 Å². The molecular formula is C15H20N2O4. The molecule has 2 amide bonds. The summed E-state index contributed by atoms with van der Waals surface area (Å²) in [4.78, 5) is 25.0. The van der Waals surface area contributed by atoms with Gasteiger partial charge in [0.05, 0.1) is 19.9 Å². The summed E-state index contributed by atoms with van der Waals surface area (Å²) < 4.78 is 10.4. The molecule has 1 N–H and O–H groups in total. The Balaban J connectivity index is 3.07. The third kappa shape index (κ3) is 4.52. The van der Waals surface area contributed by atoms with E-state index < -0.39 is 0 Å². The predicted octanol–water partition coefficient (Wildman–Crippen LogP) is 1.36. The zero-order valence-electron chi connectivity index (χ0n) is 12.5. The fraction of sp³-hybridized carbons (Fsp3) is 0.333. The summed E-state index contributed by atoms with van der Waals surface area (Å²) in [7, 11) is 3.03. The van der Waals surface area contributed by atoms with Gasteiger partial charge in [0.2, 0.25) is 11.8 Å². The zero-order valence-corrected chi connectivity index (χ0v) is 12.5. The van der Waals surface area contributed by atoms with Crippen molar-refractivity contribution >= 4 is 17.5 Å². The second-order valence-corrected chi connectivity index (χ2v) is 4.24. The van der Waals surface area contributed by atoms with E-state index in [0.29, 0.717) is 23.7 Å². The standard InChI is InChI=1S/C15H20N2O4/c1-5-8-16-15(19)10-17(11(2)18)13-9-12(20-3)6-7-14(13)21-4/h5-7,9H,1,8,10H2,2-4H3,(H,16,19). The Hall–Kier alpha value is -2.50. The van der Waals surface area contributed by atoms with Gasteiger partial charge in [-0.15, -0.1) is 6.58 Å². The molecule has 0 aliphatic heterocycles. The number of amides is 2. The summed E-state index contributed by atoms with van der Waals surface area (Å²) in [6.07, 6.45) is 1.57. The van der Waals surface area contributed by atoms with Gasteiger partial charge in [-0.2, -0.15) is 0 Å². The fourth-order valence-electron chi connectivity index (χ4n) is 1.76. The topological polar surface area (TPSA) is 67.9 Å². The van der Waals surface area contributed by atoms with E-state index >= 15 is 0 Å². The van der Waals surface area contributed by atoms with Crippen LogP contribution in [-0.4, -0.2) is 39.1 Å². The van der Waals surface area contributed by atoms with Crippen molar-refractivity contribution in [2.75, 3.05) is 32.2 Å². The third-order valence-corrected chi connectivity index (χ3v) is 2.80. The van der Waals surface area contributed by atoms with Crippen LogP contribution in [0.3, 0.4) is 0 Å². The number of carbonyl (C=O) groups is 2. The molecule has 0 atom stereocenters. The van der Waals surface area contributed by atoms with Crippen LogP contribution in [0, 0.1) is 0 Å². The Bertz CT molecular complexity index is 528. The monoisotopic (exact) mass is 292 g/mol. The highest BCUT2D eigenvalue weighted by Crippen LogP contribution is 2.32. The Morgan fingerprint density at radius 3 is 2.57 bits per heavy atom. The van der Waals surface area contributed by atoms with E-state index in [1.807, 2.05) is 0 Å². The summed E-state index contributed by atoms with van der Waals surface area (Å²) in [5.74, 6) is 0.511. The lowest BCUT2D eigenvalue weighted by Crippen LogP contribution is -2.40. The van der Waals surface area contributed by atoms with Crippen LogP contribution in [0.15, 0.2) is 30.9 Å². The molecule has 0 saturated heterocycles. The fourth-order valence-corrected chi connectivity index (χ4v) is 1.76.